The molecule has 1 amide bonds. The van der Waals surface area contributed by atoms with E-state index < -0.39 is 6.04 Å². The minimum atomic E-state index is -0.454. The highest BCUT2D eigenvalue weighted by Gasteiger charge is 2.14. The first kappa shape index (κ1) is 20.4. The van der Waals surface area contributed by atoms with Gasteiger partial charge in [0.1, 0.15) is 11.9 Å². The fraction of sp³-hybridized carbons (Fsp3) is 0.500. The number of ether oxygens (including phenoxy) is 1. The van der Waals surface area contributed by atoms with Gasteiger partial charge in [0.25, 0.3) is 0 Å². The van der Waals surface area contributed by atoms with Gasteiger partial charge in [-0.15, -0.1) is 12.4 Å². The summed E-state index contributed by atoms with van der Waals surface area (Å²) in [5, 5.41) is 3.46. The minimum Gasteiger partial charge on any atom is -0.489 e. The molecule has 0 spiro atoms. The highest BCUT2D eigenvalue weighted by molar-refractivity contribution is 7.98. The van der Waals surface area contributed by atoms with Gasteiger partial charge >= 0.3 is 0 Å². The molecule has 1 unspecified atom stereocenters. The van der Waals surface area contributed by atoms with Gasteiger partial charge in [-0.2, -0.15) is 11.8 Å². The van der Waals surface area contributed by atoms with Gasteiger partial charge in [0.05, 0.1) is 12.6 Å². The molecule has 0 aromatic heterocycles. The smallest absolute Gasteiger partial charge is 0.237 e. The van der Waals surface area contributed by atoms with Gasteiger partial charge in [-0.25, -0.2) is 0 Å². The van der Waals surface area contributed by atoms with Crippen molar-refractivity contribution in [1.82, 2.24) is 5.32 Å². The number of halogens is 2. The van der Waals surface area contributed by atoms with E-state index in [1.165, 1.54) is 0 Å². The summed E-state index contributed by atoms with van der Waals surface area (Å²) < 4.78 is 5.66. The number of nitrogens with one attached hydrogen (secondary N) is 1. The lowest BCUT2D eigenvalue weighted by Crippen LogP contribution is -2.44. The van der Waals surface area contributed by atoms with Crippen molar-refractivity contribution in [3.63, 3.8) is 0 Å². The zero-order valence-corrected chi connectivity index (χ0v) is 14.6. The van der Waals surface area contributed by atoms with E-state index in [1.807, 2.05) is 13.2 Å². The second kappa shape index (κ2) is 11.0. The summed E-state index contributed by atoms with van der Waals surface area (Å²) in [6, 6.07) is 6.67. The maximum absolute atomic E-state index is 11.7. The van der Waals surface area contributed by atoms with E-state index in [0.717, 1.165) is 11.5 Å². The van der Waals surface area contributed by atoms with Crippen LogP contribution in [0.5, 0.6) is 5.75 Å². The standard InChI is InChI=1S/C14H21ClN2O2S.ClH/c1-10(19-12-5-3-11(15)4-6-12)9-17-14(18)13(16)7-8-20-2;/h3-6,10,13H,7-9,16H2,1-2H3,(H,17,18);1H/t10?,13-;/m0./s1. The Labute approximate surface area is 141 Å². The minimum absolute atomic E-state index is 0. The third-order valence-corrected chi connectivity index (χ3v) is 3.58. The molecule has 0 heterocycles. The second-order valence-corrected chi connectivity index (χ2v) is 5.94. The largest absolute Gasteiger partial charge is 0.489 e. The molecule has 1 rings (SSSR count). The van der Waals surface area contributed by atoms with Crippen LogP contribution in [0.2, 0.25) is 5.02 Å². The molecular weight excluding hydrogens is 331 g/mol. The molecule has 21 heavy (non-hydrogen) atoms. The molecule has 1 aromatic rings. The molecule has 3 N–H and O–H groups in total. The molecule has 4 nitrogen and oxygen atoms in total. The van der Waals surface area contributed by atoms with Crippen LogP contribution in [0.25, 0.3) is 0 Å². The zero-order valence-electron chi connectivity index (χ0n) is 12.2. The molecular formula is C14H22Cl2N2O2S. The topological polar surface area (TPSA) is 64.4 Å². The van der Waals surface area contributed by atoms with Gasteiger partial charge in [-0.05, 0) is 49.6 Å². The summed E-state index contributed by atoms with van der Waals surface area (Å²) in [6.45, 7) is 2.32. The Morgan fingerprint density at radius 1 is 1.43 bits per heavy atom. The number of rotatable bonds is 8. The van der Waals surface area contributed by atoms with Crippen LogP contribution in [0, 0.1) is 0 Å². The third kappa shape index (κ3) is 8.41. The van der Waals surface area contributed by atoms with Gasteiger partial charge in [-0.1, -0.05) is 11.6 Å². The van der Waals surface area contributed by atoms with Crippen LogP contribution in [0.3, 0.4) is 0 Å². The highest BCUT2D eigenvalue weighted by Crippen LogP contribution is 2.16. The van der Waals surface area contributed by atoms with Crippen LogP contribution in [0.4, 0.5) is 0 Å². The van der Waals surface area contributed by atoms with Crippen LogP contribution in [-0.2, 0) is 4.79 Å². The third-order valence-electron chi connectivity index (χ3n) is 2.68. The molecule has 2 atom stereocenters. The molecule has 120 valence electrons. The summed E-state index contributed by atoms with van der Waals surface area (Å²) in [6.07, 6.45) is 2.54. The maximum atomic E-state index is 11.7. The Kier molecular flexibility index (Phi) is 10.7. The maximum Gasteiger partial charge on any atom is 0.237 e. The monoisotopic (exact) mass is 352 g/mol. The van der Waals surface area contributed by atoms with E-state index in [-0.39, 0.29) is 24.4 Å². The van der Waals surface area contributed by atoms with Crippen molar-refractivity contribution in [2.24, 2.45) is 5.73 Å². The Bertz CT molecular complexity index is 418. The number of nitrogens with two attached hydrogens (primary N) is 1. The Hall–Kier alpha value is -0.620. The van der Waals surface area contributed by atoms with E-state index in [0.29, 0.717) is 18.0 Å². The van der Waals surface area contributed by atoms with E-state index in [2.05, 4.69) is 5.32 Å². The number of carbonyl (C=O) groups excluding carboxylic acids is 1. The SMILES string of the molecule is CSCC[C@H](N)C(=O)NCC(C)Oc1ccc(Cl)cc1.Cl. The molecule has 0 fully saturated rings. The van der Waals surface area contributed by atoms with E-state index in [4.69, 9.17) is 22.1 Å². The fourth-order valence-electron chi connectivity index (χ4n) is 1.54. The predicted octanol–water partition coefficient (Wildman–Crippen LogP) is 2.73. The molecule has 1 aromatic carbocycles. The zero-order chi connectivity index (χ0) is 15.0. The molecule has 0 radical (unpaired) electrons. The van der Waals surface area contributed by atoms with E-state index in [9.17, 15) is 4.79 Å². The van der Waals surface area contributed by atoms with Crippen molar-refractivity contribution in [1.29, 1.82) is 0 Å². The van der Waals surface area contributed by atoms with Gasteiger partial charge < -0.3 is 15.8 Å². The Balaban J connectivity index is 0.00000400. The first-order chi connectivity index (χ1) is 9.52. The lowest BCUT2D eigenvalue weighted by Gasteiger charge is -2.17. The van der Waals surface area contributed by atoms with Crippen LogP contribution in [0.1, 0.15) is 13.3 Å². The molecule has 0 aliphatic rings. The summed E-state index contributed by atoms with van der Waals surface area (Å²) in [7, 11) is 0. The van der Waals surface area contributed by atoms with Crippen molar-refractivity contribution in [2.45, 2.75) is 25.5 Å². The first-order valence-corrected chi connectivity index (χ1v) is 8.24. The van der Waals surface area contributed by atoms with Crippen LogP contribution in [0.15, 0.2) is 24.3 Å². The Morgan fingerprint density at radius 3 is 2.62 bits per heavy atom. The normalized spacial score (nSPS) is 13.0. The molecule has 0 saturated carbocycles. The number of hydrogen-bond acceptors (Lipinski definition) is 4. The van der Waals surface area contributed by atoms with Crippen LogP contribution >= 0.6 is 35.8 Å². The summed E-state index contributed by atoms with van der Waals surface area (Å²) in [5.74, 6) is 1.47. The van der Waals surface area contributed by atoms with Crippen molar-refractivity contribution >= 4 is 41.7 Å². The van der Waals surface area contributed by atoms with Crippen LogP contribution in [-0.4, -0.2) is 36.6 Å². The average molecular weight is 353 g/mol. The molecule has 0 bridgehead atoms. The average Bonchev–Trinajstić information content (AvgIpc) is 2.44. The van der Waals surface area contributed by atoms with Crippen molar-refractivity contribution in [3.8, 4) is 5.75 Å². The van der Waals surface area contributed by atoms with Gasteiger partial charge in [0.2, 0.25) is 5.91 Å². The number of benzene rings is 1. The van der Waals surface area contributed by atoms with Crippen molar-refractivity contribution in [2.75, 3.05) is 18.6 Å². The number of hydrogen-bond donors (Lipinski definition) is 2. The summed E-state index contributed by atoms with van der Waals surface area (Å²) in [5.41, 5.74) is 5.78. The van der Waals surface area contributed by atoms with Crippen molar-refractivity contribution < 1.29 is 9.53 Å². The summed E-state index contributed by atoms with van der Waals surface area (Å²) in [4.78, 5) is 11.7. The van der Waals surface area contributed by atoms with Crippen molar-refractivity contribution in [3.05, 3.63) is 29.3 Å². The van der Waals surface area contributed by atoms with Gasteiger partial charge in [0.15, 0.2) is 0 Å². The second-order valence-electron chi connectivity index (χ2n) is 4.52. The predicted molar refractivity (Wildman–Crippen MR) is 92.8 cm³/mol. The Morgan fingerprint density at radius 2 is 2.05 bits per heavy atom. The number of amides is 1. The molecule has 0 aliphatic carbocycles. The van der Waals surface area contributed by atoms with Gasteiger partial charge in [0, 0.05) is 5.02 Å². The van der Waals surface area contributed by atoms with Crippen LogP contribution < -0.4 is 15.8 Å². The summed E-state index contributed by atoms with van der Waals surface area (Å²) >= 11 is 7.48. The van der Waals surface area contributed by atoms with E-state index in [1.54, 1.807) is 36.0 Å². The van der Waals surface area contributed by atoms with Gasteiger partial charge in [-0.3, -0.25) is 4.79 Å². The fourth-order valence-corrected chi connectivity index (χ4v) is 2.15. The highest BCUT2D eigenvalue weighted by atomic mass is 35.5. The number of carbonyl (C=O) groups is 1. The number of thioether (sulfide) groups is 1. The molecule has 0 saturated heterocycles. The first-order valence-electron chi connectivity index (χ1n) is 6.47. The quantitative estimate of drug-likeness (QED) is 0.754. The van der Waals surface area contributed by atoms with E-state index >= 15 is 0 Å². The lowest BCUT2D eigenvalue weighted by molar-refractivity contribution is -0.122. The molecule has 0 aliphatic heterocycles. The molecule has 7 heteroatoms. The lowest BCUT2D eigenvalue weighted by atomic mass is 10.2.